The van der Waals surface area contributed by atoms with Crippen molar-refractivity contribution in [3.63, 3.8) is 0 Å². The summed E-state index contributed by atoms with van der Waals surface area (Å²) in [4.78, 5) is 11.9. The molecule has 4 heteroatoms. The molecule has 0 aliphatic rings. The van der Waals surface area contributed by atoms with Crippen LogP contribution in [0.3, 0.4) is 0 Å². The molecule has 1 aromatic carbocycles. The SMILES string of the molecule is CCCCCC(O)C(CC(=O)NCc1ccccc1)OC. The number of ether oxygens (including phenoxy) is 1. The fourth-order valence-corrected chi connectivity index (χ4v) is 2.22. The Morgan fingerprint density at radius 3 is 2.62 bits per heavy atom. The summed E-state index contributed by atoms with van der Waals surface area (Å²) >= 11 is 0. The van der Waals surface area contributed by atoms with Gasteiger partial charge < -0.3 is 15.2 Å². The van der Waals surface area contributed by atoms with Gasteiger partial charge in [0.05, 0.1) is 18.6 Å². The Morgan fingerprint density at radius 1 is 1.29 bits per heavy atom. The van der Waals surface area contributed by atoms with Crippen LogP contribution in [0, 0.1) is 0 Å². The van der Waals surface area contributed by atoms with Gasteiger partial charge in [-0.15, -0.1) is 0 Å². The molecule has 4 nitrogen and oxygen atoms in total. The van der Waals surface area contributed by atoms with Crippen LogP contribution in [-0.4, -0.2) is 30.3 Å². The van der Waals surface area contributed by atoms with Gasteiger partial charge >= 0.3 is 0 Å². The van der Waals surface area contributed by atoms with Crippen molar-refractivity contribution in [2.75, 3.05) is 7.11 Å². The molecule has 21 heavy (non-hydrogen) atoms. The zero-order valence-electron chi connectivity index (χ0n) is 13.0. The average molecular weight is 293 g/mol. The molecule has 0 radical (unpaired) electrons. The van der Waals surface area contributed by atoms with E-state index in [0.717, 1.165) is 24.8 Å². The fourth-order valence-electron chi connectivity index (χ4n) is 2.22. The van der Waals surface area contributed by atoms with Crippen LogP contribution < -0.4 is 5.32 Å². The number of benzene rings is 1. The maximum atomic E-state index is 11.9. The lowest BCUT2D eigenvalue weighted by molar-refractivity contribution is -0.126. The van der Waals surface area contributed by atoms with E-state index in [0.29, 0.717) is 13.0 Å². The van der Waals surface area contributed by atoms with E-state index in [4.69, 9.17) is 4.74 Å². The first-order valence-corrected chi connectivity index (χ1v) is 7.68. The number of nitrogens with one attached hydrogen (secondary N) is 1. The van der Waals surface area contributed by atoms with Crippen LogP contribution in [0.25, 0.3) is 0 Å². The van der Waals surface area contributed by atoms with E-state index in [1.165, 1.54) is 7.11 Å². The molecule has 118 valence electrons. The maximum Gasteiger partial charge on any atom is 0.222 e. The molecule has 1 aromatic rings. The van der Waals surface area contributed by atoms with Gasteiger partial charge in [-0.25, -0.2) is 0 Å². The lowest BCUT2D eigenvalue weighted by Crippen LogP contribution is -2.35. The van der Waals surface area contributed by atoms with Gasteiger partial charge in [0.25, 0.3) is 0 Å². The molecular weight excluding hydrogens is 266 g/mol. The van der Waals surface area contributed by atoms with Crippen molar-refractivity contribution in [1.82, 2.24) is 5.32 Å². The Labute approximate surface area is 127 Å². The molecule has 0 bridgehead atoms. The van der Waals surface area contributed by atoms with Crippen molar-refractivity contribution < 1.29 is 14.6 Å². The molecule has 2 N–H and O–H groups in total. The predicted molar refractivity (Wildman–Crippen MR) is 83.9 cm³/mol. The summed E-state index contributed by atoms with van der Waals surface area (Å²) in [5, 5.41) is 12.9. The normalized spacial score (nSPS) is 13.7. The minimum atomic E-state index is -0.580. The quantitative estimate of drug-likeness (QED) is 0.652. The van der Waals surface area contributed by atoms with Crippen molar-refractivity contribution >= 4 is 5.91 Å². The van der Waals surface area contributed by atoms with Crippen LogP contribution in [-0.2, 0) is 16.1 Å². The third kappa shape index (κ3) is 7.25. The van der Waals surface area contributed by atoms with Crippen LogP contribution in [0.2, 0.25) is 0 Å². The Balaban J connectivity index is 2.32. The van der Waals surface area contributed by atoms with Gasteiger partial charge in [0.15, 0.2) is 0 Å². The topological polar surface area (TPSA) is 58.6 Å². The Bertz CT molecular complexity index is 394. The highest BCUT2D eigenvalue weighted by Crippen LogP contribution is 2.12. The summed E-state index contributed by atoms with van der Waals surface area (Å²) in [5.41, 5.74) is 1.06. The predicted octanol–water partition coefficient (Wildman–Crippen LogP) is 2.65. The summed E-state index contributed by atoms with van der Waals surface area (Å²) in [6, 6.07) is 9.76. The molecule has 0 aromatic heterocycles. The minimum Gasteiger partial charge on any atom is -0.390 e. The van der Waals surface area contributed by atoms with Crippen LogP contribution >= 0.6 is 0 Å². The van der Waals surface area contributed by atoms with Gasteiger partial charge in [0.1, 0.15) is 0 Å². The van der Waals surface area contributed by atoms with Gasteiger partial charge in [-0.1, -0.05) is 56.5 Å². The second kappa shape index (κ2) is 10.4. The third-order valence-corrected chi connectivity index (χ3v) is 3.55. The Hall–Kier alpha value is -1.39. The number of aliphatic hydroxyl groups is 1. The molecule has 2 unspecified atom stereocenters. The second-order valence-corrected chi connectivity index (χ2v) is 5.30. The van der Waals surface area contributed by atoms with E-state index in [1.54, 1.807) is 0 Å². The summed E-state index contributed by atoms with van der Waals surface area (Å²) in [6.45, 7) is 2.62. The number of unbranched alkanes of at least 4 members (excludes halogenated alkanes) is 2. The first-order valence-electron chi connectivity index (χ1n) is 7.68. The van der Waals surface area contributed by atoms with Crippen molar-refractivity contribution in [3.05, 3.63) is 35.9 Å². The maximum absolute atomic E-state index is 11.9. The molecule has 0 saturated carbocycles. The van der Waals surface area contributed by atoms with Gasteiger partial charge in [-0.05, 0) is 12.0 Å². The molecule has 0 aliphatic carbocycles. The highest BCUT2D eigenvalue weighted by molar-refractivity contribution is 5.76. The largest absolute Gasteiger partial charge is 0.390 e. The van der Waals surface area contributed by atoms with Crippen LogP contribution in [0.4, 0.5) is 0 Å². The number of amides is 1. The molecule has 0 fully saturated rings. The van der Waals surface area contributed by atoms with Crippen molar-refractivity contribution in [2.45, 2.75) is 57.8 Å². The van der Waals surface area contributed by atoms with Crippen molar-refractivity contribution in [1.29, 1.82) is 0 Å². The Morgan fingerprint density at radius 2 is 2.00 bits per heavy atom. The number of methoxy groups -OCH3 is 1. The molecule has 0 aliphatic heterocycles. The second-order valence-electron chi connectivity index (χ2n) is 5.30. The number of rotatable bonds is 10. The van der Waals surface area contributed by atoms with E-state index in [9.17, 15) is 9.90 Å². The van der Waals surface area contributed by atoms with E-state index >= 15 is 0 Å². The lowest BCUT2D eigenvalue weighted by Gasteiger charge is -2.21. The number of carbonyl (C=O) groups excluding carboxylic acids is 1. The monoisotopic (exact) mass is 293 g/mol. The molecule has 1 amide bonds. The number of hydrogen-bond acceptors (Lipinski definition) is 3. The molecular formula is C17H27NO3. The van der Waals surface area contributed by atoms with Gasteiger partial charge in [0.2, 0.25) is 5.91 Å². The lowest BCUT2D eigenvalue weighted by atomic mass is 10.0. The zero-order valence-corrected chi connectivity index (χ0v) is 13.0. The number of hydrogen-bond donors (Lipinski definition) is 2. The van der Waals surface area contributed by atoms with Gasteiger partial charge in [-0.3, -0.25) is 4.79 Å². The molecule has 0 saturated heterocycles. The van der Waals surface area contributed by atoms with Gasteiger partial charge in [0, 0.05) is 13.7 Å². The van der Waals surface area contributed by atoms with Crippen molar-refractivity contribution in [3.8, 4) is 0 Å². The zero-order chi connectivity index (χ0) is 15.5. The standard InChI is InChI=1S/C17H27NO3/c1-3-4-6-11-15(19)16(21-2)12-17(20)18-13-14-9-7-5-8-10-14/h5,7-10,15-16,19H,3-4,6,11-13H2,1-2H3,(H,18,20). The van der Waals surface area contributed by atoms with Gasteiger partial charge in [-0.2, -0.15) is 0 Å². The number of aliphatic hydroxyl groups excluding tert-OH is 1. The highest BCUT2D eigenvalue weighted by atomic mass is 16.5. The third-order valence-electron chi connectivity index (χ3n) is 3.55. The summed E-state index contributed by atoms with van der Waals surface area (Å²) in [7, 11) is 1.54. The van der Waals surface area contributed by atoms with Crippen LogP contribution in [0.1, 0.15) is 44.6 Å². The molecule has 1 rings (SSSR count). The molecule has 0 spiro atoms. The van der Waals surface area contributed by atoms with E-state index < -0.39 is 12.2 Å². The van der Waals surface area contributed by atoms with E-state index in [2.05, 4.69) is 12.2 Å². The average Bonchev–Trinajstić information content (AvgIpc) is 2.51. The summed E-state index contributed by atoms with van der Waals surface area (Å²) in [5.74, 6) is -0.0970. The highest BCUT2D eigenvalue weighted by Gasteiger charge is 2.21. The summed E-state index contributed by atoms with van der Waals surface area (Å²) < 4.78 is 5.25. The number of carbonyl (C=O) groups is 1. The van der Waals surface area contributed by atoms with Crippen LogP contribution in [0.5, 0.6) is 0 Å². The van der Waals surface area contributed by atoms with Crippen LogP contribution in [0.15, 0.2) is 30.3 Å². The smallest absolute Gasteiger partial charge is 0.222 e. The molecule has 0 heterocycles. The first kappa shape index (κ1) is 17.7. The fraction of sp³-hybridized carbons (Fsp3) is 0.588. The van der Waals surface area contributed by atoms with E-state index in [1.807, 2.05) is 30.3 Å². The Kier molecular flexibility index (Phi) is 8.71. The minimum absolute atomic E-state index is 0.0970. The molecule has 2 atom stereocenters. The van der Waals surface area contributed by atoms with Crippen molar-refractivity contribution in [2.24, 2.45) is 0 Å². The first-order chi connectivity index (χ1) is 10.2. The van der Waals surface area contributed by atoms with E-state index in [-0.39, 0.29) is 12.3 Å². The summed E-state index contributed by atoms with van der Waals surface area (Å²) in [6.07, 6.45) is 3.02.